The smallest absolute Gasteiger partial charge is 0.264 e. The predicted molar refractivity (Wildman–Crippen MR) is 123 cm³/mol. The van der Waals surface area contributed by atoms with Gasteiger partial charge >= 0.3 is 0 Å². The molecule has 1 aliphatic heterocycles. The van der Waals surface area contributed by atoms with Crippen molar-refractivity contribution in [3.63, 3.8) is 0 Å². The molecule has 0 radical (unpaired) electrons. The van der Waals surface area contributed by atoms with Gasteiger partial charge in [0.1, 0.15) is 0 Å². The van der Waals surface area contributed by atoms with Crippen molar-refractivity contribution >= 4 is 57.8 Å². The van der Waals surface area contributed by atoms with E-state index in [4.69, 9.17) is 39.6 Å². The number of hydrogen-bond donors (Lipinski definition) is 0. The van der Waals surface area contributed by atoms with Gasteiger partial charge in [0, 0.05) is 23.6 Å². The normalized spacial score (nSPS) is 15.6. The van der Waals surface area contributed by atoms with E-state index in [0.29, 0.717) is 39.5 Å². The van der Waals surface area contributed by atoms with Crippen LogP contribution in [0.25, 0.3) is 0 Å². The molecule has 0 N–H and O–H groups in total. The Balaban J connectivity index is 1.49. The third-order valence-electron chi connectivity index (χ3n) is 4.69. The van der Waals surface area contributed by atoms with Gasteiger partial charge in [0.25, 0.3) is 5.91 Å². The van der Waals surface area contributed by atoms with E-state index >= 15 is 0 Å². The van der Waals surface area contributed by atoms with Crippen molar-refractivity contribution in [2.24, 2.45) is 5.16 Å². The minimum atomic E-state index is -0.252. The minimum Gasteiger partial charge on any atom is -0.390 e. The second-order valence-electron chi connectivity index (χ2n) is 6.89. The average Bonchev–Trinajstić information content (AvgIpc) is 3.41. The summed E-state index contributed by atoms with van der Waals surface area (Å²) in [6, 6.07) is 16.6. The Labute approximate surface area is 193 Å². The lowest BCUT2D eigenvalue weighted by molar-refractivity contribution is 0.0408. The van der Waals surface area contributed by atoms with Crippen molar-refractivity contribution < 1.29 is 9.63 Å². The van der Waals surface area contributed by atoms with Crippen molar-refractivity contribution in [2.45, 2.75) is 19.1 Å². The molecule has 1 unspecified atom stereocenters. The topological polar surface area (TPSA) is 41.9 Å². The van der Waals surface area contributed by atoms with Crippen LogP contribution in [0.5, 0.6) is 0 Å². The van der Waals surface area contributed by atoms with E-state index in [1.807, 2.05) is 47.8 Å². The molecule has 30 heavy (non-hydrogen) atoms. The lowest BCUT2D eigenvalue weighted by atomic mass is 10.0. The van der Waals surface area contributed by atoms with Crippen LogP contribution >= 0.6 is 46.1 Å². The summed E-state index contributed by atoms with van der Waals surface area (Å²) < 4.78 is 0. The van der Waals surface area contributed by atoms with Crippen LogP contribution in [0.2, 0.25) is 15.1 Å². The molecular weight excluding hydrogens is 463 g/mol. The molecule has 4 nitrogen and oxygen atoms in total. The number of oxime groups is 1. The summed E-state index contributed by atoms with van der Waals surface area (Å²) in [5.41, 5.74) is 2.60. The number of halogens is 3. The van der Waals surface area contributed by atoms with Crippen LogP contribution < -0.4 is 0 Å². The SMILES string of the molecule is O=C(c1cccs1)N(Cc1cccc(Cl)c1)CC1CC(c2ccc(Cl)c(Cl)c2)=NO1. The molecule has 0 aliphatic carbocycles. The number of carbonyl (C=O) groups excluding carboxylic acids is 1. The van der Waals surface area contributed by atoms with Crippen LogP contribution in [-0.4, -0.2) is 29.2 Å². The maximum Gasteiger partial charge on any atom is 0.264 e. The summed E-state index contributed by atoms with van der Waals surface area (Å²) in [5.74, 6) is -0.0448. The van der Waals surface area contributed by atoms with Gasteiger partial charge in [0.2, 0.25) is 0 Å². The van der Waals surface area contributed by atoms with Crippen molar-refractivity contribution in [3.8, 4) is 0 Å². The summed E-state index contributed by atoms with van der Waals surface area (Å²) in [6.45, 7) is 0.830. The van der Waals surface area contributed by atoms with E-state index in [1.165, 1.54) is 11.3 Å². The average molecular weight is 480 g/mol. The summed E-state index contributed by atoms with van der Waals surface area (Å²) >= 11 is 19.7. The van der Waals surface area contributed by atoms with Gasteiger partial charge in [0.05, 0.1) is 27.2 Å². The van der Waals surface area contributed by atoms with Crippen LogP contribution in [0.4, 0.5) is 0 Å². The highest BCUT2D eigenvalue weighted by Crippen LogP contribution is 2.26. The first-order valence-corrected chi connectivity index (χ1v) is 11.3. The molecule has 0 saturated heterocycles. The zero-order valence-corrected chi connectivity index (χ0v) is 18.8. The van der Waals surface area contributed by atoms with E-state index in [1.54, 1.807) is 17.0 Å². The number of thiophene rings is 1. The van der Waals surface area contributed by atoms with E-state index < -0.39 is 0 Å². The van der Waals surface area contributed by atoms with Crippen LogP contribution in [0.3, 0.4) is 0 Å². The van der Waals surface area contributed by atoms with E-state index in [2.05, 4.69) is 5.16 Å². The van der Waals surface area contributed by atoms with Crippen LogP contribution in [0.15, 0.2) is 65.1 Å². The molecular formula is C22H17Cl3N2O2S. The van der Waals surface area contributed by atoms with Crippen molar-refractivity contribution in [3.05, 3.63) is 91.0 Å². The predicted octanol–water partition coefficient (Wildman–Crippen LogP) is 6.54. The number of amides is 1. The molecule has 1 atom stereocenters. The molecule has 1 aliphatic rings. The van der Waals surface area contributed by atoms with Crippen molar-refractivity contribution in [1.29, 1.82) is 0 Å². The number of nitrogens with zero attached hydrogens (tertiary/aromatic N) is 2. The Kier molecular flexibility index (Phi) is 6.64. The highest BCUT2D eigenvalue weighted by Gasteiger charge is 2.28. The fourth-order valence-electron chi connectivity index (χ4n) is 3.25. The molecule has 8 heteroatoms. The molecule has 154 valence electrons. The fraction of sp³-hybridized carbons (Fsp3) is 0.182. The number of hydrogen-bond acceptors (Lipinski definition) is 4. The molecule has 1 aromatic heterocycles. The maximum atomic E-state index is 13.1. The molecule has 4 rings (SSSR count). The third kappa shape index (κ3) is 4.98. The summed E-state index contributed by atoms with van der Waals surface area (Å²) in [4.78, 5) is 21.2. The van der Waals surface area contributed by atoms with Crippen LogP contribution in [0, 0.1) is 0 Å². The standard InChI is InChI=1S/C22H17Cl3N2O2S/c23-16-4-1-3-14(9-16)12-27(22(28)21-5-2-8-30-21)13-17-11-20(26-29-17)15-6-7-18(24)19(25)10-15/h1-10,17H,11-13H2. The zero-order chi connectivity index (χ0) is 21.1. The first-order valence-electron chi connectivity index (χ1n) is 9.25. The molecule has 0 spiro atoms. The van der Waals surface area contributed by atoms with Gasteiger partial charge < -0.3 is 9.74 Å². The molecule has 0 fully saturated rings. The van der Waals surface area contributed by atoms with Gasteiger partial charge in [-0.05, 0) is 41.3 Å². The Morgan fingerprint density at radius 1 is 1.10 bits per heavy atom. The summed E-state index contributed by atoms with van der Waals surface area (Å²) in [7, 11) is 0. The van der Waals surface area contributed by atoms with Crippen molar-refractivity contribution in [1.82, 2.24) is 4.90 Å². The van der Waals surface area contributed by atoms with Crippen molar-refractivity contribution in [2.75, 3.05) is 6.54 Å². The van der Waals surface area contributed by atoms with Gasteiger partial charge in [-0.3, -0.25) is 4.79 Å². The second-order valence-corrected chi connectivity index (χ2v) is 9.09. The van der Waals surface area contributed by atoms with Gasteiger partial charge in [0.15, 0.2) is 6.10 Å². The van der Waals surface area contributed by atoms with E-state index in [9.17, 15) is 4.79 Å². The molecule has 0 bridgehead atoms. The summed E-state index contributed by atoms with van der Waals surface area (Å²) in [6.07, 6.45) is 0.319. The number of benzene rings is 2. The fourth-order valence-corrected chi connectivity index (χ4v) is 4.45. The van der Waals surface area contributed by atoms with Crippen LogP contribution in [-0.2, 0) is 11.4 Å². The molecule has 2 heterocycles. The van der Waals surface area contributed by atoms with Gasteiger partial charge in [-0.1, -0.05) is 64.2 Å². The Hall–Kier alpha value is -2.05. The molecule has 2 aromatic carbocycles. The first kappa shape index (κ1) is 21.2. The minimum absolute atomic E-state index is 0.0448. The highest BCUT2D eigenvalue weighted by atomic mass is 35.5. The van der Waals surface area contributed by atoms with Gasteiger partial charge in [-0.25, -0.2) is 0 Å². The Morgan fingerprint density at radius 2 is 1.97 bits per heavy atom. The molecule has 1 amide bonds. The number of carbonyl (C=O) groups is 1. The second kappa shape index (κ2) is 9.40. The largest absolute Gasteiger partial charge is 0.390 e. The lowest BCUT2D eigenvalue weighted by Crippen LogP contribution is -2.37. The highest BCUT2D eigenvalue weighted by molar-refractivity contribution is 7.12. The Bertz CT molecular complexity index is 1090. The monoisotopic (exact) mass is 478 g/mol. The third-order valence-corrected chi connectivity index (χ3v) is 6.52. The lowest BCUT2D eigenvalue weighted by Gasteiger charge is -2.24. The van der Waals surface area contributed by atoms with Crippen LogP contribution in [0.1, 0.15) is 27.2 Å². The summed E-state index contributed by atoms with van der Waals surface area (Å²) in [5, 5.41) is 7.70. The van der Waals surface area contributed by atoms with Gasteiger partial charge in [-0.15, -0.1) is 11.3 Å². The molecule has 3 aromatic rings. The quantitative estimate of drug-likeness (QED) is 0.402. The Morgan fingerprint density at radius 3 is 2.70 bits per heavy atom. The number of rotatable bonds is 6. The molecule has 0 saturated carbocycles. The van der Waals surface area contributed by atoms with Gasteiger partial charge in [-0.2, -0.15) is 0 Å². The van der Waals surface area contributed by atoms with E-state index in [0.717, 1.165) is 16.8 Å². The maximum absolute atomic E-state index is 13.1. The first-order chi connectivity index (χ1) is 14.5. The van der Waals surface area contributed by atoms with E-state index in [-0.39, 0.29) is 12.0 Å². The zero-order valence-electron chi connectivity index (χ0n) is 15.7.